The van der Waals surface area contributed by atoms with Crippen LogP contribution in [0, 0.1) is 10.5 Å². The third kappa shape index (κ3) is 5.16. The van der Waals surface area contributed by atoms with Gasteiger partial charge in [-0.3, -0.25) is 4.79 Å². The topological polar surface area (TPSA) is 85.7 Å². The first-order valence-corrected chi connectivity index (χ1v) is 11.5. The standard InChI is InChI=1S/C25H22IN3O4/c1-3-32-22-13-18(12-20(26)23(22)33-15-17-10-8-16(2)9-11-17)14-27-29-24(30)19-6-4-5-7-21(19)28-25(29)31/h4-14H,3,15H2,1-2H3,(H,28,31). The molecule has 4 rings (SSSR count). The number of aromatic amines is 1. The lowest BCUT2D eigenvalue weighted by Crippen LogP contribution is -2.32. The van der Waals surface area contributed by atoms with E-state index in [0.29, 0.717) is 41.2 Å². The Bertz CT molecular complexity index is 1440. The highest BCUT2D eigenvalue weighted by Crippen LogP contribution is 2.34. The summed E-state index contributed by atoms with van der Waals surface area (Å²) in [6.07, 6.45) is 1.46. The van der Waals surface area contributed by atoms with Gasteiger partial charge in [-0.15, -0.1) is 4.68 Å². The van der Waals surface area contributed by atoms with Crippen molar-refractivity contribution >= 4 is 39.7 Å². The van der Waals surface area contributed by atoms with Crippen LogP contribution in [0.4, 0.5) is 0 Å². The van der Waals surface area contributed by atoms with E-state index in [1.165, 1.54) is 11.8 Å². The molecule has 0 spiro atoms. The van der Waals surface area contributed by atoms with E-state index in [4.69, 9.17) is 9.47 Å². The maximum Gasteiger partial charge on any atom is 0.349 e. The number of para-hydroxylation sites is 1. The molecule has 0 aliphatic heterocycles. The summed E-state index contributed by atoms with van der Waals surface area (Å²) >= 11 is 2.18. The van der Waals surface area contributed by atoms with Gasteiger partial charge in [-0.2, -0.15) is 5.10 Å². The fourth-order valence-electron chi connectivity index (χ4n) is 3.29. The number of rotatable bonds is 7. The minimum Gasteiger partial charge on any atom is -0.490 e. The Labute approximate surface area is 203 Å². The minimum atomic E-state index is -0.604. The van der Waals surface area contributed by atoms with Gasteiger partial charge in [0.1, 0.15) is 6.61 Å². The molecule has 0 bridgehead atoms. The van der Waals surface area contributed by atoms with E-state index in [9.17, 15) is 9.59 Å². The Kier molecular flexibility index (Phi) is 6.93. The molecule has 0 fully saturated rings. The van der Waals surface area contributed by atoms with E-state index in [0.717, 1.165) is 13.8 Å². The number of hydrogen-bond donors (Lipinski definition) is 1. The third-order valence-electron chi connectivity index (χ3n) is 4.94. The summed E-state index contributed by atoms with van der Waals surface area (Å²) in [7, 11) is 0. The highest BCUT2D eigenvalue weighted by atomic mass is 127. The van der Waals surface area contributed by atoms with E-state index in [1.807, 2.05) is 44.2 Å². The van der Waals surface area contributed by atoms with Crippen molar-refractivity contribution in [1.82, 2.24) is 9.66 Å². The van der Waals surface area contributed by atoms with Crippen LogP contribution in [0.25, 0.3) is 10.9 Å². The van der Waals surface area contributed by atoms with Crippen molar-refractivity contribution in [2.24, 2.45) is 5.10 Å². The van der Waals surface area contributed by atoms with Gasteiger partial charge in [-0.05, 0) is 71.8 Å². The molecule has 8 heteroatoms. The number of benzene rings is 3. The number of aromatic nitrogens is 2. The highest BCUT2D eigenvalue weighted by Gasteiger charge is 2.13. The molecule has 0 saturated heterocycles. The molecular formula is C25H22IN3O4. The first-order chi connectivity index (χ1) is 16.0. The van der Waals surface area contributed by atoms with Crippen molar-refractivity contribution in [3.05, 3.63) is 102 Å². The predicted molar refractivity (Wildman–Crippen MR) is 138 cm³/mol. The molecule has 4 aromatic rings. The summed E-state index contributed by atoms with van der Waals surface area (Å²) in [5, 5.41) is 4.52. The second-order valence-electron chi connectivity index (χ2n) is 7.37. The summed E-state index contributed by atoms with van der Waals surface area (Å²) in [5.74, 6) is 1.20. The quantitative estimate of drug-likeness (QED) is 0.270. The van der Waals surface area contributed by atoms with Crippen LogP contribution >= 0.6 is 22.6 Å². The zero-order valence-corrected chi connectivity index (χ0v) is 20.3. The van der Waals surface area contributed by atoms with Crippen LogP contribution in [0.2, 0.25) is 0 Å². The molecule has 0 atom stereocenters. The smallest absolute Gasteiger partial charge is 0.349 e. The maximum absolute atomic E-state index is 12.7. The van der Waals surface area contributed by atoms with E-state index in [1.54, 1.807) is 30.3 Å². The first-order valence-electron chi connectivity index (χ1n) is 10.4. The number of halogens is 1. The van der Waals surface area contributed by atoms with Gasteiger partial charge in [0.2, 0.25) is 0 Å². The number of nitrogens with one attached hydrogen (secondary N) is 1. The van der Waals surface area contributed by atoms with Crippen LogP contribution in [0.15, 0.2) is 75.4 Å². The van der Waals surface area contributed by atoms with Crippen molar-refractivity contribution in [2.75, 3.05) is 6.61 Å². The lowest BCUT2D eigenvalue weighted by atomic mass is 10.2. The molecule has 0 aliphatic rings. The van der Waals surface area contributed by atoms with Gasteiger partial charge in [-0.25, -0.2) is 4.79 Å². The molecule has 1 heterocycles. The van der Waals surface area contributed by atoms with Gasteiger partial charge >= 0.3 is 5.69 Å². The maximum atomic E-state index is 12.7. The van der Waals surface area contributed by atoms with Gasteiger partial charge in [0, 0.05) is 0 Å². The van der Waals surface area contributed by atoms with E-state index in [2.05, 4.69) is 32.7 Å². The van der Waals surface area contributed by atoms with Crippen molar-refractivity contribution in [3.8, 4) is 11.5 Å². The van der Waals surface area contributed by atoms with Gasteiger partial charge in [0.05, 0.1) is 27.3 Å². The summed E-state index contributed by atoms with van der Waals surface area (Å²) in [6.45, 7) is 4.81. The fourth-order valence-corrected chi connectivity index (χ4v) is 4.07. The molecule has 0 radical (unpaired) electrons. The number of aryl methyl sites for hydroxylation is 1. The Morgan fingerprint density at radius 3 is 2.58 bits per heavy atom. The summed E-state index contributed by atoms with van der Waals surface area (Å²) in [4.78, 5) is 27.7. The van der Waals surface area contributed by atoms with Crippen molar-refractivity contribution in [1.29, 1.82) is 0 Å². The Morgan fingerprint density at radius 2 is 1.82 bits per heavy atom. The normalized spacial score (nSPS) is 11.2. The Morgan fingerprint density at radius 1 is 1.06 bits per heavy atom. The van der Waals surface area contributed by atoms with Crippen molar-refractivity contribution in [2.45, 2.75) is 20.5 Å². The zero-order chi connectivity index (χ0) is 23.4. The molecule has 1 aromatic heterocycles. The number of hydrogen-bond acceptors (Lipinski definition) is 5. The minimum absolute atomic E-state index is 0.388. The van der Waals surface area contributed by atoms with Gasteiger partial charge in [0.15, 0.2) is 11.5 Å². The average molecular weight is 555 g/mol. The summed E-state index contributed by atoms with van der Waals surface area (Å²) in [6, 6.07) is 18.6. The third-order valence-corrected chi connectivity index (χ3v) is 5.74. The van der Waals surface area contributed by atoms with Crippen LogP contribution in [0.5, 0.6) is 11.5 Å². The zero-order valence-electron chi connectivity index (χ0n) is 18.2. The monoisotopic (exact) mass is 555 g/mol. The molecule has 33 heavy (non-hydrogen) atoms. The lowest BCUT2D eigenvalue weighted by molar-refractivity contribution is 0.267. The molecule has 0 aliphatic carbocycles. The fraction of sp³-hybridized carbons (Fsp3) is 0.160. The van der Waals surface area contributed by atoms with Gasteiger partial charge in [-0.1, -0.05) is 42.0 Å². The highest BCUT2D eigenvalue weighted by molar-refractivity contribution is 14.1. The van der Waals surface area contributed by atoms with Crippen LogP contribution in [0.1, 0.15) is 23.6 Å². The lowest BCUT2D eigenvalue weighted by Gasteiger charge is -2.15. The van der Waals surface area contributed by atoms with E-state index < -0.39 is 11.2 Å². The second-order valence-corrected chi connectivity index (χ2v) is 8.54. The SMILES string of the molecule is CCOc1cc(C=Nn2c(=O)[nH]c3ccccc3c2=O)cc(I)c1OCc1ccc(C)cc1. The molecular weight excluding hydrogens is 533 g/mol. The van der Waals surface area contributed by atoms with Crippen LogP contribution in [0.3, 0.4) is 0 Å². The summed E-state index contributed by atoms with van der Waals surface area (Å²) < 4.78 is 13.5. The largest absolute Gasteiger partial charge is 0.490 e. The second kappa shape index (κ2) is 10.0. The molecule has 168 valence electrons. The molecule has 0 saturated carbocycles. The van der Waals surface area contributed by atoms with E-state index in [-0.39, 0.29) is 0 Å². The number of ether oxygens (including phenoxy) is 2. The predicted octanol–water partition coefficient (Wildman–Crippen LogP) is 4.46. The Hall–Kier alpha value is -3.40. The number of nitrogens with zero attached hydrogens (tertiary/aromatic N) is 2. The molecule has 1 N–H and O–H groups in total. The number of fused-ring (bicyclic) bond motifs is 1. The van der Waals surface area contributed by atoms with Crippen LogP contribution in [-0.2, 0) is 6.61 Å². The van der Waals surface area contributed by atoms with Crippen molar-refractivity contribution in [3.63, 3.8) is 0 Å². The van der Waals surface area contributed by atoms with Crippen LogP contribution in [-0.4, -0.2) is 22.5 Å². The average Bonchev–Trinajstić information content (AvgIpc) is 2.80. The molecule has 0 amide bonds. The summed E-state index contributed by atoms with van der Waals surface area (Å²) in [5.41, 5.74) is 2.30. The van der Waals surface area contributed by atoms with Gasteiger partial charge < -0.3 is 14.5 Å². The molecule has 7 nitrogen and oxygen atoms in total. The molecule has 0 unspecified atom stereocenters. The van der Waals surface area contributed by atoms with Gasteiger partial charge in [0.25, 0.3) is 5.56 Å². The molecule has 3 aromatic carbocycles. The number of H-pyrrole nitrogens is 1. The van der Waals surface area contributed by atoms with E-state index >= 15 is 0 Å². The first kappa shape index (κ1) is 22.8. The Balaban J connectivity index is 1.64. The van der Waals surface area contributed by atoms with Crippen molar-refractivity contribution < 1.29 is 9.47 Å². The van der Waals surface area contributed by atoms with Crippen LogP contribution < -0.4 is 20.7 Å².